The van der Waals surface area contributed by atoms with E-state index in [2.05, 4.69) is 5.32 Å². The van der Waals surface area contributed by atoms with Crippen LogP contribution in [0.1, 0.15) is 28.9 Å². The number of para-hydroxylation sites is 1. The summed E-state index contributed by atoms with van der Waals surface area (Å²) in [5, 5.41) is 23.1. The van der Waals surface area contributed by atoms with Gasteiger partial charge in [0.1, 0.15) is 17.1 Å². The number of hydrogen-bond donors (Lipinski definition) is 3. The van der Waals surface area contributed by atoms with E-state index >= 15 is 0 Å². The van der Waals surface area contributed by atoms with Gasteiger partial charge in [0.25, 0.3) is 11.5 Å². The third-order valence-corrected chi connectivity index (χ3v) is 4.57. The van der Waals surface area contributed by atoms with Gasteiger partial charge in [-0.25, -0.2) is 0 Å². The minimum Gasteiger partial charge on any atom is -0.508 e. The molecule has 3 N–H and O–H groups in total. The van der Waals surface area contributed by atoms with Gasteiger partial charge >= 0.3 is 0 Å². The molecule has 0 bridgehead atoms. The largest absolute Gasteiger partial charge is 0.508 e. The number of hydrogen-bond acceptors (Lipinski definition) is 4. The van der Waals surface area contributed by atoms with E-state index in [0.717, 1.165) is 5.56 Å². The first-order valence-corrected chi connectivity index (χ1v) is 7.97. The molecule has 0 fully saturated rings. The highest BCUT2D eigenvalue weighted by molar-refractivity contribution is 6.09. The molecule has 1 aliphatic rings. The van der Waals surface area contributed by atoms with E-state index in [4.69, 9.17) is 0 Å². The zero-order chi connectivity index (χ0) is 17.7. The number of aromatic nitrogens is 1. The van der Waals surface area contributed by atoms with Crippen LogP contribution in [0.15, 0.2) is 47.3 Å². The molecule has 0 aliphatic carbocycles. The number of phenolic OH excluding ortho intramolecular Hbond substituents is 1. The molecular formula is C19H16N2O4. The van der Waals surface area contributed by atoms with Crippen molar-refractivity contribution in [2.45, 2.75) is 19.4 Å². The molecule has 25 heavy (non-hydrogen) atoms. The van der Waals surface area contributed by atoms with Crippen molar-refractivity contribution >= 4 is 22.5 Å². The Labute approximate surface area is 143 Å². The summed E-state index contributed by atoms with van der Waals surface area (Å²) < 4.78 is 1.57. The van der Waals surface area contributed by atoms with Crippen LogP contribution in [0.2, 0.25) is 0 Å². The van der Waals surface area contributed by atoms with Crippen LogP contribution >= 0.6 is 0 Å². The van der Waals surface area contributed by atoms with Crippen LogP contribution in [0, 0.1) is 0 Å². The highest BCUT2D eigenvalue weighted by Crippen LogP contribution is 2.36. The summed E-state index contributed by atoms with van der Waals surface area (Å²) in [6.45, 7) is 1.91. The molecule has 6 nitrogen and oxygen atoms in total. The zero-order valence-electron chi connectivity index (χ0n) is 13.5. The average Bonchev–Trinajstić information content (AvgIpc) is 2.89. The molecule has 0 saturated carbocycles. The molecular weight excluding hydrogens is 320 g/mol. The molecule has 2 heterocycles. The lowest BCUT2D eigenvalue weighted by Gasteiger charge is -2.14. The first-order valence-electron chi connectivity index (χ1n) is 7.97. The molecule has 126 valence electrons. The summed E-state index contributed by atoms with van der Waals surface area (Å²) in [6, 6.07) is 11.4. The number of pyridine rings is 1. The summed E-state index contributed by atoms with van der Waals surface area (Å²) in [4.78, 5) is 25.5. The first-order chi connectivity index (χ1) is 12.0. The van der Waals surface area contributed by atoms with Gasteiger partial charge in [-0.2, -0.15) is 0 Å². The molecule has 4 rings (SSSR count). The zero-order valence-corrected chi connectivity index (χ0v) is 13.5. The molecule has 3 aromatic rings. The van der Waals surface area contributed by atoms with Crippen molar-refractivity contribution < 1.29 is 15.0 Å². The molecule has 0 saturated heterocycles. The number of amides is 1. The topological polar surface area (TPSA) is 91.6 Å². The van der Waals surface area contributed by atoms with E-state index in [0.29, 0.717) is 23.0 Å². The van der Waals surface area contributed by atoms with Gasteiger partial charge in [-0.15, -0.1) is 0 Å². The lowest BCUT2D eigenvalue weighted by Crippen LogP contribution is -2.30. The average molecular weight is 336 g/mol. The van der Waals surface area contributed by atoms with Gasteiger partial charge in [0, 0.05) is 23.2 Å². The maximum Gasteiger partial charge on any atom is 0.268 e. The second kappa shape index (κ2) is 5.37. The van der Waals surface area contributed by atoms with Crippen LogP contribution in [0.3, 0.4) is 0 Å². The van der Waals surface area contributed by atoms with Crippen molar-refractivity contribution in [3.63, 3.8) is 0 Å². The van der Waals surface area contributed by atoms with E-state index in [-0.39, 0.29) is 23.1 Å². The van der Waals surface area contributed by atoms with Gasteiger partial charge in [-0.3, -0.25) is 9.59 Å². The smallest absolute Gasteiger partial charge is 0.268 e. The molecule has 6 heteroatoms. The van der Waals surface area contributed by atoms with Crippen molar-refractivity contribution in [3.05, 3.63) is 63.9 Å². The van der Waals surface area contributed by atoms with Crippen LogP contribution in [0.5, 0.6) is 11.5 Å². The number of phenols is 1. The number of anilines is 1. The normalized spacial score (nSPS) is 15.5. The van der Waals surface area contributed by atoms with Gasteiger partial charge in [0.2, 0.25) is 0 Å². The number of carbonyl (C=O) groups excluding carboxylic acids is 1. The third kappa shape index (κ3) is 2.26. The van der Waals surface area contributed by atoms with Crippen molar-refractivity contribution in [2.75, 3.05) is 5.32 Å². The quantitative estimate of drug-likeness (QED) is 0.671. The Morgan fingerprint density at radius 2 is 1.96 bits per heavy atom. The Kier molecular flexibility index (Phi) is 3.28. The second-order valence-electron chi connectivity index (χ2n) is 6.27. The van der Waals surface area contributed by atoms with Gasteiger partial charge in [0.15, 0.2) is 0 Å². The van der Waals surface area contributed by atoms with Crippen LogP contribution in [0.25, 0.3) is 10.9 Å². The number of nitrogens with zero attached hydrogens (tertiary/aromatic N) is 1. The number of rotatable bonds is 2. The number of benzene rings is 2. The highest BCUT2D eigenvalue weighted by atomic mass is 16.3. The van der Waals surface area contributed by atoms with E-state index in [1.165, 1.54) is 12.1 Å². The Bertz CT molecular complexity index is 1080. The molecule has 1 aliphatic heterocycles. The SMILES string of the molecule is C[C@H]1Cc2cccc3c(O)c(C(=O)Nc4cccc(O)c4)c(=O)n1c23. The van der Waals surface area contributed by atoms with Crippen LogP contribution in [0.4, 0.5) is 5.69 Å². The Morgan fingerprint density at radius 3 is 2.72 bits per heavy atom. The summed E-state index contributed by atoms with van der Waals surface area (Å²) >= 11 is 0. The summed E-state index contributed by atoms with van der Waals surface area (Å²) in [5.74, 6) is -1.03. The minimum atomic E-state index is -0.705. The lowest BCUT2D eigenvalue weighted by molar-refractivity contribution is 0.102. The number of nitrogens with one attached hydrogen (secondary N) is 1. The number of aromatic hydroxyl groups is 2. The lowest BCUT2D eigenvalue weighted by atomic mass is 10.1. The number of carbonyl (C=O) groups is 1. The molecule has 1 amide bonds. The molecule has 0 unspecified atom stereocenters. The second-order valence-corrected chi connectivity index (χ2v) is 6.27. The Morgan fingerprint density at radius 1 is 1.20 bits per heavy atom. The minimum absolute atomic E-state index is 0.00544. The van der Waals surface area contributed by atoms with Gasteiger partial charge < -0.3 is 20.1 Å². The summed E-state index contributed by atoms with van der Waals surface area (Å²) in [6.07, 6.45) is 0.684. The maximum atomic E-state index is 12.9. The molecule has 1 atom stereocenters. The summed E-state index contributed by atoms with van der Waals surface area (Å²) in [7, 11) is 0. The van der Waals surface area contributed by atoms with Gasteiger partial charge in [-0.1, -0.05) is 18.2 Å². The Hall–Kier alpha value is -3.28. The summed E-state index contributed by atoms with van der Waals surface area (Å²) in [5.41, 5.74) is 1.21. The predicted octanol–water partition coefficient (Wildman–Crippen LogP) is 2.78. The fourth-order valence-electron chi connectivity index (χ4n) is 3.50. The third-order valence-electron chi connectivity index (χ3n) is 4.57. The Balaban J connectivity index is 1.89. The van der Waals surface area contributed by atoms with E-state index in [9.17, 15) is 19.8 Å². The first kappa shape index (κ1) is 15.3. The molecule has 1 aromatic heterocycles. The van der Waals surface area contributed by atoms with Gasteiger partial charge in [0.05, 0.1) is 5.52 Å². The highest BCUT2D eigenvalue weighted by Gasteiger charge is 2.29. The fraction of sp³-hybridized carbons (Fsp3) is 0.158. The van der Waals surface area contributed by atoms with Crippen LogP contribution in [-0.2, 0) is 6.42 Å². The van der Waals surface area contributed by atoms with Crippen molar-refractivity contribution in [3.8, 4) is 11.5 Å². The predicted molar refractivity (Wildman–Crippen MR) is 94.3 cm³/mol. The molecule has 2 aromatic carbocycles. The molecule has 0 radical (unpaired) electrons. The monoisotopic (exact) mass is 336 g/mol. The maximum absolute atomic E-state index is 12.9. The van der Waals surface area contributed by atoms with E-state index in [1.54, 1.807) is 28.8 Å². The van der Waals surface area contributed by atoms with Gasteiger partial charge in [-0.05, 0) is 37.1 Å². The van der Waals surface area contributed by atoms with E-state index < -0.39 is 11.5 Å². The van der Waals surface area contributed by atoms with Crippen molar-refractivity contribution in [1.82, 2.24) is 4.57 Å². The van der Waals surface area contributed by atoms with Crippen LogP contribution in [-0.4, -0.2) is 20.7 Å². The molecule has 0 spiro atoms. The van der Waals surface area contributed by atoms with Crippen LogP contribution < -0.4 is 10.9 Å². The van der Waals surface area contributed by atoms with E-state index in [1.807, 2.05) is 13.0 Å². The van der Waals surface area contributed by atoms with Crippen molar-refractivity contribution in [2.24, 2.45) is 0 Å². The van der Waals surface area contributed by atoms with Crippen molar-refractivity contribution in [1.29, 1.82) is 0 Å². The fourth-order valence-corrected chi connectivity index (χ4v) is 3.50. The standard InChI is InChI=1S/C19H16N2O4/c1-10-8-11-4-2-7-14-16(11)21(10)19(25)15(17(14)23)18(24)20-12-5-3-6-13(22)9-12/h2-7,9-10,22-23H,8H2,1H3,(H,20,24)/t10-/m0/s1.